The van der Waals surface area contributed by atoms with Crippen molar-refractivity contribution in [3.05, 3.63) is 224 Å². The third-order valence-electron chi connectivity index (χ3n) is 10.4. The Bertz CT molecular complexity index is 4910. The van der Waals surface area contributed by atoms with E-state index in [1.807, 2.05) is 42.5 Å². The average Bonchev–Trinajstić information content (AvgIpc) is 1.76. The Kier molecular flexibility index (Phi) is 4.58. The Morgan fingerprint density at radius 2 is 0.790 bits per heavy atom. The molecular weight excluding hydrogens is 755 g/mol. The van der Waals surface area contributed by atoms with Crippen LogP contribution >= 0.6 is 0 Å². The second-order valence-electron chi connectivity index (χ2n) is 13.9. The number of nitrogens with zero attached hydrogens (tertiary/aromatic N) is 5. The predicted molar refractivity (Wildman–Crippen MR) is 256 cm³/mol. The minimum atomic E-state index is -1.06. The molecule has 0 saturated heterocycles. The Labute approximate surface area is 390 Å². The van der Waals surface area contributed by atoms with E-state index < -0.39 is 211 Å². The van der Waals surface area contributed by atoms with Crippen LogP contribution in [0.3, 0.4) is 0 Å². The van der Waals surface area contributed by atoms with Gasteiger partial charge >= 0.3 is 0 Å². The fraction of sp³-hybridized carbons (Fsp3) is 0. The van der Waals surface area contributed by atoms with Crippen LogP contribution in [0.2, 0.25) is 0 Å². The summed E-state index contributed by atoms with van der Waals surface area (Å²) in [6.07, 6.45) is 0. The number of hydrogen-bond donors (Lipinski definition) is 0. The van der Waals surface area contributed by atoms with Crippen LogP contribution in [-0.4, -0.2) is 24.1 Å². The van der Waals surface area contributed by atoms with E-state index in [0.717, 1.165) is 20.3 Å². The smallest absolute Gasteiger partial charge is 0.238 e. The van der Waals surface area contributed by atoms with Gasteiger partial charge in [0.15, 0.2) is 11.6 Å². The van der Waals surface area contributed by atoms with Crippen molar-refractivity contribution < 1.29 is 31.5 Å². The molecule has 0 spiro atoms. The molecule has 0 atom stereocenters. The first-order valence-electron chi connectivity index (χ1n) is 30.6. The minimum Gasteiger partial charge on any atom is -0.307 e. The zero-order chi connectivity index (χ0) is 61.0. The lowest BCUT2D eigenvalue weighted by Crippen LogP contribution is -2.07. The summed E-state index contributed by atoms with van der Waals surface area (Å²) >= 11 is 0. The fourth-order valence-electron chi connectivity index (χ4n) is 7.58. The van der Waals surface area contributed by atoms with Crippen molar-refractivity contribution in [2.45, 2.75) is 0 Å². The molecule has 0 fully saturated rings. The zero-order valence-corrected chi connectivity index (χ0v) is 31.8. The van der Waals surface area contributed by atoms with E-state index in [0.29, 0.717) is 11.1 Å². The minimum absolute atomic E-state index is 0.00810. The van der Waals surface area contributed by atoms with Gasteiger partial charge in [-0.1, -0.05) is 206 Å². The molecule has 0 radical (unpaired) electrons. The molecule has 0 aliphatic heterocycles. The molecule has 0 N–H and O–H groups in total. The summed E-state index contributed by atoms with van der Waals surface area (Å²) < 4.78 is 214. The van der Waals surface area contributed by atoms with Crippen molar-refractivity contribution in [2.24, 2.45) is 0 Å². The standard InChI is InChI=1S/C57H37N5/c1-4-16-38(17-5-1)40-28-32-42(33-29-40)45-22-10-13-25-50(45)61-51-26-14-11-23-46(51)48-36-37-49-47-24-12-15-27-52(47)62(54(49)53(48)61)57-59-55(43-20-8-3-9-21-43)58-56(60-57)44-34-30-41(31-35-44)39-18-6-2-7-19-39/h1-37H/i1D,4D,5D,10D,11D,12D,13D,14D,15D,16D,17D,22D,23D,24D,25D,26D,27D,28D,29D,32D,33D,36D,37D. The van der Waals surface area contributed by atoms with Crippen molar-refractivity contribution in [3.8, 4) is 67.8 Å². The monoisotopic (exact) mass is 814 g/mol. The summed E-state index contributed by atoms with van der Waals surface area (Å²) in [5.74, 6) is -0.374. The van der Waals surface area contributed by atoms with E-state index >= 15 is 0 Å². The van der Waals surface area contributed by atoms with Crippen molar-refractivity contribution >= 4 is 43.6 Å². The molecule has 3 heterocycles. The molecule has 5 heteroatoms. The van der Waals surface area contributed by atoms with E-state index in [9.17, 15) is 17.8 Å². The van der Waals surface area contributed by atoms with Crippen molar-refractivity contribution in [2.75, 3.05) is 0 Å². The van der Waals surface area contributed by atoms with Crippen LogP contribution in [0.15, 0.2) is 224 Å². The lowest BCUT2D eigenvalue weighted by atomic mass is 9.99. The highest BCUT2D eigenvalue weighted by atomic mass is 15.2. The van der Waals surface area contributed by atoms with Crippen LogP contribution in [0.1, 0.15) is 31.5 Å². The Balaban J connectivity index is 1.32. The van der Waals surface area contributed by atoms with E-state index in [2.05, 4.69) is 0 Å². The van der Waals surface area contributed by atoms with Crippen molar-refractivity contribution in [3.63, 3.8) is 0 Å². The van der Waals surface area contributed by atoms with Crippen LogP contribution in [0, 0.1) is 0 Å². The number of hydrogen-bond acceptors (Lipinski definition) is 3. The van der Waals surface area contributed by atoms with Gasteiger partial charge in [-0.3, -0.25) is 4.57 Å². The van der Waals surface area contributed by atoms with Gasteiger partial charge in [0.25, 0.3) is 0 Å². The fourth-order valence-corrected chi connectivity index (χ4v) is 7.58. The molecule has 9 aromatic carbocycles. The first kappa shape index (κ1) is 19.3. The third-order valence-corrected chi connectivity index (χ3v) is 10.4. The van der Waals surface area contributed by atoms with E-state index in [1.165, 1.54) is 0 Å². The highest BCUT2D eigenvalue weighted by Gasteiger charge is 2.24. The van der Waals surface area contributed by atoms with E-state index in [-0.39, 0.29) is 17.0 Å². The Morgan fingerprint density at radius 3 is 1.45 bits per heavy atom. The largest absolute Gasteiger partial charge is 0.307 e. The molecule has 62 heavy (non-hydrogen) atoms. The first-order valence-corrected chi connectivity index (χ1v) is 19.1. The average molecular weight is 815 g/mol. The van der Waals surface area contributed by atoms with Gasteiger partial charge in [-0.25, -0.2) is 4.98 Å². The van der Waals surface area contributed by atoms with E-state index in [4.69, 9.17) is 28.7 Å². The van der Waals surface area contributed by atoms with Gasteiger partial charge < -0.3 is 4.57 Å². The molecule has 12 rings (SSSR count). The second kappa shape index (κ2) is 14.7. The molecule has 0 amide bonds. The van der Waals surface area contributed by atoms with Gasteiger partial charge in [0.1, 0.15) is 0 Å². The summed E-state index contributed by atoms with van der Waals surface area (Å²) in [4.78, 5) is 14.8. The predicted octanol–water partition coefficient (Wildman–Crippen LogP) is 14.4. The van der Waals surface area contributed by atoms with Gasteiger partial charge in [-0.15, -0.1) is 0 Å². The Hall–Kier alpha value is -8.41. The van der Waals surface area contributed by atoms with Gasteiger partial charge in [0.05, 0.1) is 59.3 Å². The molecular formula is C57H37N5. The van der Waals surface area contributed by atoms with Crippen molar-refractivity contribution in [1.82, 2.24) is 24.1 Å². The molecule has 0 bridgehead atoms. The topological polar surface area (TPSA) is 48.5 Å². The van der Waals surface area contributed by atoms with Crippen LogP contribution in [-0.2, 0) is 0 Å². The maximum Gasteiger partial charge on any atom is 0.238 e. The van der Waals surface area contributed by atoms with Crippen molar-refractivity contribution in [1.29, 1.82) is 0 Å². The molecule has 3 aromatic heterocycles. The quantitative estimate of drug-likeness (QED) is 0.161. The highest BCUT2D eigenvalue weighted by molar-refractivity contribution is 6.24. The van der Waals surface area contributed by atoms with Crippen LogP contribution in [0.5, 0.6) is 0 Å². The molecule has 0 saturated carbocycles. The van der Waals surface area contributed by atoms with Crippen LogP contribution < -0.4 is 0 Å². The lowest BCUT2D eigenvalue weighted by Gasteiger charge is -2.16. The first-order chi connectivity index (χ1) is 40.3. The maximum atomic E-state index is 9.87. The van der Waals surface area contributed by atoms with Gasteiger partial charge in [-0.2, -0.15) is 9.97 Å². The number of fused-ring (bicyclic) bond motifs is 7. The van der Waals surface area contributed by atoms with Crippen LogP contribution in [0.4, 0.5) is 0 Å². The number of benzene rings is 9. The molecule has 0 aliphatic carbocycles. The normalized spacial score (nSPS) is 16.7. The molecule has 0 aliphatic rings. The molecule has 0 unspecified atom stereocenters. The molecule has 12 aromatic rings. The highest BCUT2D eigenvalue weighted by Crippen LogP contribution is 2.43. The number of rotatable bonds is 7. The number of aromatic nitrogens is 5. The van der Waals surface area contributed by atoms with Gasteiger partial charge in [0, 0.05) is 38.2 Å². The third kappa shape index (κ3) is 5.90. The molecule has 290 valence electrons. The maximum absolute atomic E-state index is 9.87. The van der Waals surface area contributed by atoms with Crippen LogP contribution in [0.25, 0.3) is 111 Å². The van der Waals surface area contributed by atoms with Gasteiger partial charge in [0.2, 0.25) is 5.95 Å². The number of para-hydroxylation sites is 3. The summed E-state index contributed by atoms with van der Waals surface area (Å²) in [6.45, 7) is 0. The summed E-state index contributed by atoms with van der Waals surface area (Å²) in [5.41, 5.74) is -3.36. The summed E-state index contributed by atoms with van der Waals surface area (Å²) in [7, 11) is 0. The second-order valence-corrected chi connectivity index (χ2v) is 13.9. The van der Waals surface area contributed by atoms with E-state index in [1.54, 1.807) is 42.5 Å². The zero-order valence-electron chi connectivity index (χ0n) is 54.8. The Morgan fingerprint density at radius 1 is 0.323 bits per heavy atom. The SMILES string of the molecule is [2H]c1c([2H])c([2H])c(-c2c([2H])c([2H])c(-c3c([2H])c([2H])c([2H])c([2H])c3-n3c4c([2H])c([2H])c([2H])c([2H])c4c4c([2H])c([2H])c5c6c([2H])c([2H])c([2H])c([2H])c6n(-c6nc(-c7ccccc7)nc(-c7ccc(-c8ccccc8)cc7)n6)c5c43)c([2H])c2[2H])c([2H])c1[2H]. The summed E-state index contributed by atoms with van der Waals surface area (Å²) in [5, 5.41) is -1.79. The van der Waals surface area contributed by atoms with Gasteiger partial charge in [-0.05, 0) is 45.9 Å². The molecule has 5 nitrogen and oxygen atoms in total. The lowest BCUT2D eigenvalue weighted by molar-refractivity contribution is 0.953. The summed E-state index contributed by atoms with van der Waals surface area (Å²) in [6, 6.07) is 4.64.